The lowest BCUT2D eigenvalue weighted by atomic mass is 9.89. The molecule has 7 heteroatoms. The van der Waals surface area contributed by atoms with Crippen molar-refractivity contribution in [2.24, 2.45) is 0 Å². The second-order valence-electron chi connectivity index (χ2n) is 8.78. The monoisotopic (exact) mass is 436 g/mol. The number of hydrogen-bond donors (Lipinski definition) is 1. The fraction of sp³-hybridized carbons (Fsp3) is 0.440. The molecule has 1 saturated heterocycles. The highest BCUT2D eigenvalue weighted by Gasteiger charge is 2.52. The van der Waals surface area contributed by atoms with Gasteiger partial charge in [-0.1, -0.05) is 30.2 Å². The Hall–Kier alpha value is -3.06. The average Bonchev–Trinajstić information content (AvgIpc) is 3.42. The van der Waals surface area contributed by atoms with Gasteiger partial charge in [-0.05, 0) is 62.4 Å². The van der Waals surface area contributed by atoms with Crippen LogP contribution in [0, 0.1) is 6.92 Å². The van der Waals surface area contributed by atoms with Crippen molar-refractivity contribution in [3.8, 4) is 11.5 Å². The molecule has 0 aromatic heterocycles. The molecule has 2 amide bonds. The molecule has 2 fully saturated rings. The maximum Gasteiger partial charge on any atom is 0.256 e. The molecule has 7 nitrogen and oxygen atoms in total. The third kappa shape index (κ3) is 3.81. The minimum absolute atomic E-state index is 0.146. The van der Waals surface area contributed by atoms with Gasteiger partial charge in [-0.2, -0.15) is 0 Å². The summed E-state index contributed by atoms with van der Waals surface area (Å²) < 4.78 is 17.0. The van der Waals surface area contributed by atoms with Crippen molar-refractivity contribution < 1.29 is 23.8 Å². The molecule has 32 heavy (non-hydrogen) atoms. The van der Waals surface area contributed by atoms with Crippen LogP contribution in [-0.4, -0.2) is 41.9 Å². The quantitative estimate of drug-likeness (QED) is 0.793. The summed E-state index contributed by atoms with van der Waals surface area (Å²) in [5.41, 5.74) is 1.88. The van der Waals surface area contributed by atoms with Gasteiger partial charge in [0.15, 0.2) is 11.5 Å². The lowest BCUT2D eigenvalue weighted by Crippen LogP contribution is -2.56. The van der Waals surface area contributed by atoms with Crippen LogP contribution >= 0.6 is 0 Å². The maximum atomic E-state index is 13.6. The minimum atomic E-state index is -0.693. The number of ether oxygens (including phenoxy) is 3. The number of carbonyl (C=O) groups excluding carboxylic acids is 2. The molecule has 2 aliphatic heterocycles. The van der Waals surface area contributed by atoms with E-state index in [0.29, 0.717) is 23.6 Å². The van der Waals surface area contributed by atoms with E-state index >= 15 is 0 Å². The highest BCUT2D eigenvalue weighted by atomic mass is 16.7. The number of aryl methyl sites for hydroxylation is 1. The van der Waals surface area contributed by atoms with E-state index in [2.05, 4.69) is 5.32 Å². The molecule has 1 N–H and O–H groups in total. The number of carbonyl (C=O) groups is 2. The number of nitrogens with zero attached hydrogens (tertiary/aromatic N) is 1. The highest BCUT2D eigenvalue weighted by molar-refractivity contribution is 5.98. The van der Waals surface area contributed by atoms with Crippen LogP contribution in [0.3, 0.4) is 0 Å². The van der Waals surface area contributed by atoms with E-state index in [0.717, 1.165) is 43.2 Å². The van der Waals surface area contributed by atoms with Gasteiger partial charge in [0.05, 0.1) is 6.61 Å². The average molecular weight is 437 g/mol. The first-order chi connectivity index (χ1) is 15.6. The number of hydrogen-bond acceptors (Lipinski definition) is 5. The Morgan fingerprint density at radius 1 is 1.03 bits per heavy atom. The molecule has 168 valence electrons. The van der Waals surface area contributed by atoms with Crippen LogP contribution in [0.5, 0.6) is 11.5 Å². The normalized spacial score (nSPS) is 21.0. The Morgan fingerprint density at radius 3 is 2.56 bits per heavy atom. The fourth-order valence-corrected chi connectivity index (χ4v) is 4.86. The Labute approximate surface area is 187 Å². The molecule has 1 saturated carbocycles. The zero-order chi connectivity index (χ0) is 22.1. The lowest BCUT2D eigenvalue weighted by molar-refractivity contribution is -0.127. The van der Waals surface area contributed by atoms with Gasteiger partial charge in [-0.15, -0.1) is 0 Å². The molecule has 1 aliphatic carbocycles. The van der Waals surface area contributed by atoms with Crippen LogP contribution in [0.25, 0.3) is 0 Å². The summed E-state index contributed by atoms with van der Waals surface area (Å²) in [6.45, 7) is 2.75. The van der Waals surface area contributed by atoms with Crippen molar-refractivity contribution in [1.29, 1.82) is 0 Å². The number of amides is 2. The Bertz CT molecular complexity index is 1010. The van der Waals surface area contributed by atoms with Crippen molar-refractivity contribution in [1.82, 2.24) is 10.2 Å². The number of nitrogens with one attached hydrogen (secondary N) is 1. The fourth-order valence-electron chi connectivity index (χ4n) is 4.86. The number of benzene rings is 2. The molecule has 2 aromatic rings. The van der Waals surface area contributed by atoms with Gasteiger partial charge in [-0.3, -0.25) is 14.5 Å². The predicted molar refractivity (Wildman–Crippen MR) is 117 cm³/mol. The standard InChI is InChI=1S/C25H28N2O5/c1-17-5-8-19(9-6-17)24(29)27-20(15-32-25(27)11-3-2-4-12-25)23(28)26-14-18-7-10-21-22(13-18)31-16-30-21/h5-10,13,20H,2-4,11-12,14-16H2,1H3,(H,26,28). The van der Waals surface area contributed by atoms with Gasteiger partial charge >= 0.3 is 0 Å². The van der Waals surface area contributed by atoms with Crippen molar-refractivity contribution in [2.45, 2.75) is 57.3 Å². The topological polar surface area (TPSA) is 77.1 Å². The zero-order valence-electron chi connectivity index (χ0n) is 18.3. The predicted octanol–water partition coefficient (Wildman–Crippen LogP) is 3.54. The van der Waals surface area contributed by atoms with Crippen molar-refractivity contribution in [2.75, 3.05) is 13.4 Å². The molecule has 2 heterocycles. The summed E-state index contributed by atoms with van der Waals surface area (Å²) in [6.07, 6.45) is 4.62. The second-order valence-corrected chi connectivity index (χ2v) is 8.78. The van der Waals surface area contributed by atoms with Gasteiger partial charge in [0.2, 0.25) is 12.7 Å². The zero-order valence-corrected chi connectivity index (χ0v) is 18.3. The third-order valence-corrected chi connectivity index (χ3v) is 6.62. The van der Waals surface area contributed by atoms with Crippen LogP contribution < -0.4 is 14.8 Å². The molecule has 1 unspecified atom stereocenters. The van der Waals surface area contributed by atoms with Crippen molar-refractivity contribution in [3.63, 3.8) is 0 Å². The summed E-state index contributed by atoms with van der Waals surface area (Å²) >= 11 is 0. The highest BCUT2D eigenvalue weighted by Crippen LogP contribution is 2.41. The van der Waals surface area contributed by atoms with Gasteiger partial charge in [0.25, 0.3) is 5.91 Å². The molecule has 3 aliphatic rings. The lowest BCUT2D eigenvalue weighted by Gasteiger charge is -2.41. The van der Waals surface area contributed by atoms with Crippen LogP contribution in [0.4, 0.5) is 0 Å². The molecule has 0 bridgehead atoms. The smallest absolute Gasteiger partial charge is 0.256 e. The Balaban J connectivity index is 1.35. The van der Waals surface area contributed by atoms with E-state index in [1.807, 2.05) is 49.4 Å². The van der Waals surface area contributed by atoms with Crippen molar-refractivity contribution >= 4 is 11.8 Å². The molecular weight excluding hydrogens is 408 g/mol. The number of fused-ring (bicyclic) bond motifs is 1. The summed E-state index contributed by atoms with van der Waals surface area (Å²) in [4.78, 5) is 28.5. The Morgan fingerprint density at radius 2 is 1.78 bits per heavy atom. The van der Waals surface area contributed by atoms with Gasteiger partial charge in [0.1, 0.15) is 11.8 Å². The van der Waals surface area contributed by atoms with E-state index in [4.69, 9.17) is 14.2 Å². The summed E-state index contributed by atoms with van der Waals surface area (Å²) in [5.74, 6) is 1.04. The van der Waals surface area contributed by atoms with E-state index in [1.54, 1.807) is 4.90 Å². The van der Waals surface area contributed by atoms with Crippen LogP contribution in [-0.2, 0) is 16.1 Å². The van der Waals surface area contributed by atoms with E-state index < -0.39 is 11.8 Å². The first kappa shape index (κ1) is 20.8. The number of rotatable bonds is 4. The molecule has 1 atom stereocenters. The SMILES string of the molecule is Cc1ccc(C(=O)N2C(C(=O)NCc3ccc4c(c3)OCO4)COC23CCCCC3)cc1. The van der Waals surface area contributed by atoms with E-state index in [9.17, 15) is 9.59 Å². The molecule has 1 spiro atoms. The first-order valence-corrected chi connectivity index (χ1v) is 11.3. The summed E-state index contributed by atoms with van der Waals surface area (Å²) in [7, 11) is 0. The van der Waals surface area contributed by atoms with Crippen LogP contribution in [0.1, 0.15) is 53.6 Å². The first-order valence-electron chi connectivity index (χ1n) is 11.3. The summed E-state index contributed by atoms with van der Waals surface area (Å²) in [6, 6.07) is 12.5. The van der Waals surface area contributed by atoms with Gasteiger partial charge < -0.3 is 19.5 Å². The van der Waals surface area contributed by atoms with Crippen LogP contribution in [0.2, 0.25) is 0 Å². The molecular formula is C25H28N2O5. The van der Waals surface area contributed by atoms with Crippen molar-refractivity contribution in [3.05, 3.63) is 59.2 Å². The maximum absolute atomic E-state index is 13.6. The molecule has 0 radical (unpaired) electrons. The van der Waals surface area contributed by atoms with Gasteiger partial charge in [0, 0.05) is 12.1 Å². The molecule has 2 aromatic carbocycles. The summed E-state index contributed by atoms with van der Waals surface area (Å²) in [5, 5.41) is 2.99. The second kappa shape index (κ2) is 8.47. The van der Waals surface area contributed by atoms with E-state index in [-0.39, 0.29) is 25.2 Å². The minimum Gasteiger partial charge on any atom is -0.454 e. The largest absolute Gasteiger partial charge is 0.454 e. The van der Waals surface area contributed by atoms with Crippen LogP contribution in [0.15, 0.2) is 42.5 Å². The molecule has 5 rings (SSSR count). The Kier molecular flexibility index (Phi) is 5.51. The third-order valence-electron chi connectivity index (χ3n) is 6.62. The van der Waals surface area contributed by atoms with Gasteiger partial charge in [-0.25, -0.2) is 0 Å². The van der Waals surface area contributed by atoms with E-state index in [1.165, 1.54) is 0 Å².